The van der Waals surface area contributed by atoms with Gasteiger partial charge in [-0.3, -0.25) is 4.79 Å². The lowest BCUT2D eigenvalue weighted by Crippen LogP contribution is -2.18. The number of aromatic amines is 1. The highest BCUT2D eigenvalue weighted by Gasteiger charge is 2.16. The van der Waals surface area contributed by atoms with Gasteiger partial charge in [0.2, 0.25) is 0 Å². The molecule has 1 N–H and O–H groups in total. The molecule has 0 bridgehead atoms. The number of hydrogen-bond donors (Lipinski definition) is 1. The van der Waals surface area contributed by atoms with Gasteiger partial charge in [-0.15, -0.1) is 0 Å². The molecular weight excluding hydrogens is 190 g/mol. The molecule has 3 rings (SSSR count). The zero-order chi connectivity index (χ0) is 10.4. The molecule has 2 heterocycles. The third-order valence-corrected chi connectivity index (χ3v) is 2.98. The van der Waals surface area contributed by atoms with E-state index < -0.39 is 0 Å². The van der Waals surface area contributed by atoms with Crippen molar-refractivity contribution < 1.29 is 4.74 Å². The van der Waals surface area contributed by atoms with Crippen LogP contribution in [0.25, 0.3) is 10.9 Å². The summed E-state index contributed by atoms with van der Waals surface area (Å²) in [5, 5.41) is 1.07. The first kappa shape index (κ1) is 8.53. The van der Waals surface area contributed by atoms with Crippen molar-refractivity contribution in [3.8, 4) is 5.75 Å². The van der Waals surface area contributed by atoms with Crippen molar-refractivity contribution in [3.05, 3.63) is 39.7 Å². The number of benzene rings is 1. The molecule has 0 atom stereocenters. The van der Waals surface area contributed by atoms with Gasteiger partial charge < -0.3 is 9.72 Å². The van der Waals surface area contributed by atoms with E-state index in [0.29, 0.717) is 6.61 Å². The van der Waals surface area contributed by atoms with Crippen LogP contribution in [-0.2, 0) is 6.42 Å². The molecule has 15 heavy (non-hydrogen) atoms. The lowest BCUT2D eigenvalue weighted by molar-refractivity contribution is 0.317. The molecule has 1 aromatic heterocycles. The van der Waals surface area contributed by atoms with Crippen molar-refractivity contribution in [1.82, 2.24) is 4.98 Å². The Labute approximate surface area is 86.7 Å². The second kappa shape index (κ2) is 2.86. The normalized spacial score (nSPS) is 13.9. The largest absolute Gasteiger partial charge is 0.493 e. The van der Waals surface area contributed by atoms with Crippen molar-refractivity contribution >= 4 is 10.9 Å². The summed E-state index contributed by atoms with van der Waals surface area (Å²) in [6, 6.07) is 5.76. The summed E-state index contributed by atoms with van der Waals surface area (Å²) >= 11 is 0. The van der Waals surface area contributed by atoms with Gasteiger partial charge in [-0.1, -0.05) is 6.07 Å². The van der Waals surface area contributed by atoms with E-state index in [4.69, 9.17) is 4.74 Å². The number of ether oxygens (including phenoxy) is 1. The van der Waals surface area contributed by atoms with Crippen molar-refractivity contribution in [2.45, 2.75) is 13.3 Å². The minimum atomic E-state index is 0.0107. The van der Waals surface area contributed by atoms with Crippen molar-refractivity contribution in [1.29, 1.82) is 0 Å². The Kier molecular flexibility index (Phi) is 1.63. The first-order valence-electron chi connectivity index (χ1n) is 5.04. The summed E-state index contributed by atoms with van der Waals surface area (Å²) in [7, 11) is 0. The average Bonchev–Trinajstić information content (AvgIpc) is 2.26. The summed E-state index contributed by atoms with van der Waals surface area (Å²) in [6.07, 6.45) is 0.823. The second-order valence-corrected chi connectivity index (χ2v) is 3.83. The fourth-order valence-corrected chi connectivity index (χ4v) is 2.18. The molecule has 3 nitrogen and oxygen atoms in total. The highest BCUT2D eigenvalue weighted by molar-refractivity contribution is 5.89. The molecular formula is C12H11NO2. The molecule has 1 aliphatic heterocycles. The van der Waals surface area contributed by atoms with Gasteiger partial charge in [0, 0.05) is 17.4 Å². The molecule has 2 aromatic rings. The van der Waals surface area contributed by atoms with Crippen LogP contribution in [-0.4, -0.2) is 11.6 Å². The first-order chi connectivity index (χ1) is 7.27. The zero-order valence-corrected chi connectivity index (χ0v) is 8.46. The topological polar surface area (TPSA) is 42.1 Å². The Hall–Kier alpha value is -1.77. The van der Waals surface area contributed by atoms with Gasteiger partial charge in [0.05, 0.1) is 12.1 Å². The van der Waals surface area contributed by atoms with Gasteiger partial charge in [-0.05, 0) is 24.6 Å². The van der Waals surface area contributed by atoms with E-state index in [0.717, 1.165) is 34.2 Å². The van der Waals surface area contributed by atoms with Crippen LogP contribution in [0.5, 0.6) is 5.75 Å². The molecule has 3 heteroatoms. The van der Waals surface area contributed by atoms with Crippen LogP contribution in [0.3, 0.4) is 0 Å². The summed E-state index contributed by atoms with van der Waals surface area (Å²) in [5.41, 5.74) is 2.84. The molecule has 0 amide bonds. The van der Waals surface area contributed by atoms with Crippen LogP contribution in [0.1, 0.15) is 11.1 Å². The number of hydrogen-bond acceptors (Lipinski definition) is 2. The molecule has 1 aromatic carbocycles. The average molecular weight is 201 g/mol. The number of aromatic nitrogens is 1. The Bertz CT molecular complexity index is 598. The Morgan fingerprint density at radius 3 is 3.13 bits per heavy atom. The fraction of sp³-hybridized carbons (Fsp3) is 0.250. The summed E-state index contributed by atoms with van der Waals surface area (Å²) in [4.78, 5) is 14.5. The summed E-state index contributed by atoms with van der Waals surface area (Å²) in [5.74, 6) is 0.883. The van der Waals surface area contributed by atoms with E-state index in [2.05, 4.69) is 4.98 Å². The first-order valence-corrected chi connectivity index (χ1v) is 5.04. The number of pyridine rings is 1. The molecule has 0 fully saturated rings. The molecule has 0 radical (unpaired) electrons. The third-order valence-electron chi connectivity index (χ3n) is 2.98. The monoisotopic (exact) mass is 201 g/mol. The van der Waals surface area contributed by atoms with Crippen LogP contribution < -0.4 is 10.3 Å². The maximum atomic E-state index is 11.7. The van der Waals surface area contributed by atoms with E-state index in [1.807, 2.05) is 25.1 Å². The number of rotatable bonds is 0. The second-order valence-electron chi connectivity index (χ2n) is 3.83. The minimum Gasteiger partial charge on any atom is -0.493 e. The standard InChI is InChI=1S/C12H11NO2/c1-7-8-5-6-15-10-4-2-3-9(11(8)10)13-12(7)14/h2-4H,5-6H2,1H3,(H,13,14). The van der Waals surface area contributed by atoms with Gasteiger partial charge in [-0.2, -0.15) is 0 Å². The molecule has 0 unspecified atom stereocenters. The quantitative estimate of drug-likeness (QED) is 0.705. The van der Waals surface area contributed by atoms with E-state index in [1.54, 1.807) is 0 Å². The van der Waals surface area contributed by atoms with Crippen LogP contribution in [0.2, 0.25) is 0 Å². The third kappa shape index (κ3) is 1.09. The van der Waals surface area contributed by atoms with Crippen LogP contribution in [0, 0.1) is 6.92 Å². The Morgan fingerprint density at radius 1 is 1.40 bits per heavy atom. The van der Waals surface area contributed by atoms with Crippen molar-refractivity contribution in [3.63, 3.8) is 0 Å². The molecule has 1 aliphatic rings. The molecule has 0 saturated heterocycles. The van der Waals surface area contributed by atoms with Gasteiger partial charge in [0.25, 0.3) is 5.56 Å². The van der Waals surface area contributed by atoms with E-state index >= 15 is 0 Å². The lowest BCUT2D eigenvalue weighted by Gasteiger charge is -2.19. The van der Waals surface area contributed by atoms with E-state index in [1.165, 1.54) is 0 Å². The van der Waals surface area contributed by atoms with Crippen LogP contribution in [0.4, 0.5) is 0 Å². The fourth-order valence-electron chi connectivity index (χ4n) is 2.18. The SMILES string of the molecule is Cc1c2c3c(cccc3[nH]c1=O)OCC2. The minimum absolute atomic E-state index is 0.0107. The van der Waals surface area contributed by atoms with Crippen LogP contribution >= 0.6 is 0 Å². The van der Waals surface area contributed by atoms with E-state index in [-0.39, 0.29) is 5.56 Å². The van der Waals surface area contributed by atoms with E-state index in [9.17, 15) is 4.79 Å². The highest BCUT2D eigenvalue weighted by atomic mass is 16.5. The number of H-pyrrole nitrogens is 1. The predicted molar refractivity (Wildman–Crippen MR) is 58.5 cm³/mol. The maximum absolute atomic E-state index is 11.7. The van der Waals surface area contributed by atoms with Gasteiger partial charge in [0.1, 0.15) is 5.75 Å². The van der Waals surface area contributed by atoms with Crippen LogP contribution in [0.15, 0.2) is 23.0 Å². The van der Waals surface area contributed by atoms with Gasteiger partial charge in [0.15, 0.2) is 0 Å². The van der Waals surface area contributed by atoms with Gasteiger partial charge in [-0.25, -0.2) is 0 Å². The Morgan fingerprint density at radius 2 is 2.27 bits per heavy atom. The number of nitrogens with one attached hydrogen (secondary N) is 1. The zero-order valence-electron chi connectivity index (χ0n) is 8.46. The highest BCUT2D eigenvalue weighted by Crippen LogP contribution is 2.31. The summed E-state index contributed by atoms with van der Waals surface area (Å²) < 4.78 is 5.57. The molecule has 0 saturated carbocycles. The smallest absolute Gasteiger partial charge is 0.251 e. The molecule has 0 spiro atoms. The molecule has 76 valence electrons. The predicted octanol–water partition coefficient (Wildman–Crippen LogP) is 1.77. The maximum Gasteiger partial charge on any atom is 0.251 e. The molecule has 0 aliphatic carbocycles. The van der Waals surface area contributed by atoms with Crippen molar-refractivity contribution in [2.24, 2.45) is 0 Å². The lowest BCUT2D eigenvalue weighted by atomic mass is 9.99. The van der Waals surface area contributed by atoms with Gasteiger partial charge >= 0.3 is 0 Å². The van der Waals surface area contributed by atoms with Crippen molar-refractivity contribution in [2.75, 3.05) is 6.61 Å². The summed E-state index contributed by atoms with van der Waals surface area (Å²) in [6.45, 7) is 2.53. The Balaban J connectivity index is 2.57.